The van der Waals surface area contributed by atoms with Crippen molar-refractivity contribution >= 4 is 11.6 Å². The third-order valence-corrected chi connectivity index (χ3v) is 2.67. The maximum Gasteiger partial charge on any atom is 0.228 e. The minimum Gasteiger partial charge on any atom is -0.323 e. The fourth-order valence-corrected chi connectivity index (χ4v) is 1.72. The van der Waals surface area contributed by atoms with Crippen LogP contribution in [0.4, 0.5) is 10.1 Å². The van der Waals surface area contributed by atoms with Gasteiger partial charge in [-0.3, -0.25) is 9.48 Å². The third-order valence-electron chi connectivity index (χ3n) is 2.67. The second kappa shape index (κ2) is 5.65. The highest BCUT2D eigenvalue weighted by Crippen LogP contribution is 2.11. The van der Waals surface area contributed by atoms with Crippen molar-refractivity contribution in [2.45, 2.75) is 26.3 Å². The Balaban J connectivity index is 1.97. The number of benzene rings is 1. The minimum atomic E-state index is -0.335. The molecular formula is C14H16FN3O. The molecule has 0 aliphatic heterocycles. The van der Waals surface area contributed by atoms with Gasteiger partial charge < -0.3 is 5.32 Å². The van der Waals surface area contributed by atoms with Crippen molar-refractivity contribution in [3.63, 3.8) is 0 Å². The van der Waals surface area contributed by atoms with E-state index in [4.69, 9.17) is 0 Å². The van der Waals surface area contributed by atoms with Gasteiger partial charge in [0.25, 0.3) is 0 Å². The summed E-state index contributed by atoms with van der Waals surface area (Å²) in [5.41, 5.74) is 1.30. The van der Waals surface area contributed by atoms with Crippen LogP contribution >= 0.6 is 0 Å². The third kappa shape index (κ3) is 3.64. The van der Waals surface area contributed by atoms with E-state index in [2.05, 4.69) is 10.4 Å². The summed E-state index contributed by atoms with van der Waals surface area (Å²) in [6.07, 6.45) is 3.52. The van der Waals surface area contributed by atoms with Crippen LogP contribution in [0.1, 0.15) is 25.5 Å². The lowest BCUT2D eigenvalue weighted by molar-refractivity contribution is -0.115. The van der Waals surface area contributed by atoms with Crippen molar-refractivity contribution in [1.29, 1.82) is 0 Å². The van der Waals surface area contributed by atoms with E-state index in [1.807, 2.05) is 13.8 Å². The molecule has 5 heteroatoms. The summed E-state index contributed by atoms with van der Waals surface area (Å²) < 4.78 is 14.8. The number of rotatable bonds is 4. The summed E-state index contributed by atoms with van der Waals surface area (Å²) in [4.78, 5) is 11.8. The number of amides is 1. The zero-order valence-electron chi connectivity index (χ0n) is 10.9. The van der Waals surface area contributed by atoms with Gasteiger partial charge in [-0.25, -0.2) is 4.39 Å². The maximum atomic E-state index is 13.0. The number of carbonyl (C=O) groups is 1. The van der Waals surface area contributed by atoms with Gasteiger partial charge in [0.15, 0.2) is 0 Å². The van der Waals surface area contributed by atoms with Gasteiger partial charge in [0.1, 0.15) is 5.82 Å². The molecule has 100 valence electrons. The average Bonchev–Trinajstić information content (AvgIpc) is 2.77. The van der Waals surface area contributed by atoms with Crippen LogP contribution in [0.5, 0.6) is 0 Å². The summed E-state index contributed by atoms with van der Waals surface area (Å²) in [5, 5.41) is 6.87. The van der Waals surface area contributed by atoms with Gasteiger partial charge in [-0.05, 0) is 31.5 Å². The molecule has 0 saturated heterocycles. The largest absolute Gasteiger partial charge is 0.323 e. The second-order valence-electron chi connectivity index (χ2n) is 4.66. The predicted octanol–water partition coefficient (Wildman–Crippen LogP) is 2.78. The van der Waals surface area contributed by atoms with Crippen LogP contribution in [0, 0.1) is 5.82 Å². The lowest BCUT2D eigenvalue weighted by Gasteiger charge is -2.04. The van der Waals surface area contributed by atoms with Crippen molar-refractivity contribution < 1.29 is 9.18 Å². The molecule has 0 spiro atoms. The highest BCUT2D eigenvalue weighted by atomic mass is 19.1. The first-order chi connectivity index (χ1) is 9.04. The highest BCUT2D eigenvalue weighted by Gasteiger charge is 2.07. The molecule has 1 aromatic heterocycles. The standard InChI is InChI=1S/C14H16FN3O/c1-10(2)18-9-13(8-16-18)17-14(19)7-11-4-3-5-12(15)6-11/h3-6,8-10H,7H2,1-2H3,(H,17,19). The Labute approximate surface area is 111 Å². The average molecular weight is 261 g/mol. The molecule has 1 heterocycles. The van der Waals surface area contributed by atoms with Gasteiger partial charge in [-0.2, -0.15) is 5.10 Å². The molecule has 1 amide bonds. The molecule has 0 aliphatic carbocycles. The normalized spacial score (nSPS) is 10.7. The molecule has 0 aliphatic rings. The molecule has 2 rings (SSSR count). The van der Waals surface area contributed by atoms with Crippen molar-refractivity contribution in [3.05, 3.63) is 48.0 Å². The van der Waals surface area contributed by atoms with Crippen LogP contribution in [0.25, 0.3) is 0 Å². The van der Waals surface area contributed by atoms with Crippen molar-refractivity contribution in [2.24, 2.45) is 0 Å². The lowest BCUT2D eigenvalue weighted by atomic mass is 10.1. The van der Waals surface area contributed by atoms with Crippen molar-refractivity contribution in [2.75, 3.05) is 5.32 Å². The van der Waals surface area contributed by atoms with Crippen LogP contribution in [0.15, 0.2) is 36.7 Å². The highest BCUT2D eigenvalue weighted by molar-refractivity contribution is 5.91. The molecule has 0 unspecified atom stereocenters. The Bertz CT molecular complexity index is 578. The number of nitrogens with one attached hydrogen (secondary N) is 1. The molecule has 0 bridgehead atoms. The Hall–Kier alpha value is -2.17. The molecule has 1 aromatic carbocycles. The number of anilines is 1. The fourth-order valence-electron chi connectivity index (χ4n) is 1.72. The van der Waals surface area contributed by atoms with Gasteiger partial charge >= 0.3 is 0 Å². The second-order valence-corrected chi connectivity index (χ2v) is 4.66. The number of nitrogens with zero attached hydrogens (tertiary/aromatic N) is 2. The number of hydrogen-bond acceptors (Lipinski definition) is 2. The zero-order chi connectivity index (χ0) is 13.8. The summed E-state index contributed by atoms with van der Waals surface area (Å²) in [6, 6.07) is 6.27. The van der Waals surface area contributed by atoms with Crippen LogP contribution in [0.2, 0.25) is 0 Å². The van der Waals surface area contributed by atoms with E-state index < -0.39 is 0 Å². The van der Waals surface area contributed by atoms with Gasteiger partial charge in [0.2, 0.25) is 5.91 Å². The molecule has 4 nitrogen and oxygen atoms in total. The first-order valence-electron chi connectivity index (χ1n) is 6.13. The minimum absolute atomic E-state index is 0.143. The van der Waals surface area contributed by atoms with Crippen LogP contribution in [0.3, 0.4) is 0 Å². The summed E-state index contributed by atoms with van der Waals surface area (Å²) in [7, 11) is 0. The molecule has 1 N–H and O–H groups in total. The van der Waals surface area contributed by atoms with Gasteiger partial charge in [-0.15, -0.1) is 0 Å². The fraction of sp³-hybridized carbons (Fsp3) is 0.286. The van der Waals surface area contributed by atoms with E-state index in [9.17, 15) is 9.18 Å². The Morgan fingerprint density at radius 3 is 2.89 bits per heavy atom. The van der Waals surface area contributed by atoms with E-state index in [-0.39, 0.29) is 24.2 Å². The molecule has 0 atom stereocenters. The number of hydrogen-bond donors (Lipinski definition) is 1. The van der Waals surface area contributed by atoms with E-state index in [1.54, 1.807) is 29.2 Å². The Morgan fingerprint density at radius 2 is 2.26 bits per heavy atom. The lowest BCUT2D eigenvalue weighted by Crippen LogP contribution is -2.14. The topological polar surface area (TPSA) is 46.9 Å². The molecule has 0 saturated carbocycles. The van der Waals surface area contributed by atoms with E-state index in [0.29, 0.717) is 11.3 Å². The summed E-state index contributed by atoms with van der Waals surface area (Å²) in [6.45, 7) is 4.01. The van der Waals surface area contributed by atoms with Gasteiger partial charge in [0.05, 0.1) is 18.3 Å². The predicted molar refractivity (Wildman–Crippen MR) is 71.3 cm³/mol. The molecule has 0 fully saturated rings. The van der Waals surface area contributed by atoms with Crippen LogP contribution < -0.4 is 5.32 Å². The Kier molecular flexibility index (Phi) is 3.94. The van der Waals surface area contributed by atoms with Crippen LogP contribution in [-0.2, 0) is 11.2 Å². The first-order valence-corrected chi connectivity index (χ1v) is 6.13. The number of aromatic nitrogens is 2. The SMILES string of the molecule is CC(C)n1cc(NC(=O)Cc2cccc(F)c2)cn1. The Morgan fingerprint density at radius 1 is 1.47 bits per heavy atom. The molecule has 0 radical (unpaired) electrons. The van der Waals surface area contributed by atoms with E-state index in [0.717, 1.165) is 0 Å². The quantitative estimate of drug-likeness (QED) is 0.920. The number of carbonyl (C=O) groups excluding carboxylic acids is 1. The van der Waals surface area contributed by atoms with Crippen molar-refractivity contribution in [3.8, 4) is 0 Å². The van der Waals surface area contributed by atoms with Gasteiger partial charge in [0, 0.05) is 12.2 Å². The smallest absolute Gasteiger partial charge is 0.228 e. The van der Waals surface area contributed by atoms with Crippen LogP contribution in [-0.4, -0.2) is 15.7 Å². The molecule has 2 aromatic rings. The monoisotopic (exact) mass is 261 g/mol. The summed E-state index contributed by atoms with van der Waals surface area (Å²) in [5.74, 6) is -0.521. The van der Waals surface area contributed by atoms with E-state index in [1.165, 1.54) is 12.1 Å². The van der Waals surface area contributed by atoms with Gasteiger partial charge in [-0.1, -0.05) is 12.1 Å². The van der Waals surface area contributed by atoms with E-state index >= 15 is 0 Å². The maximum absolute atomic E-state index is 13.0. The summed E-state index contributed by atoms with van der Waals surface area (Å²) >= 11 is 0. The molecule has 19 heavy (non-hydrogen) atoms. The number of halogens is 1. The van der Waals surface area contributed by atoms with Crippen molar-refractivity contribution in [1.82, 2.24) is 9.78 Å². The zero-order valence-corrected chi connectivity index (χ0v) is 10.9. The first kappa shape index (κ1) is 13.3. The molecular weight excluding hydrogens is 245 g/mol.